The Morgan fingerprint density at radius 2 is 2.22 bits per heavy atom. The maximum atomic E-state index is 11.3. The van der Waals surface area contributed by atoms with Gasteiger partial charge in [-0.05, 0) is 44.4 Å². The molecule has 0 bridgehead atoms. The van der Waals surface area contributed by atoms with Crippen LogP contribution < -0.4 is 5.73 Å². The first-order valence-electron chi connectivity index (χ1n) is 6.64. The second kappa shape index (κ2) is 5.53. The van der Waals surface area contributed by atoms with Crippen LogP contribution in [0.1, 0.15) is 29.5 Å². The van der Waals surface area contributed by atoms with Crippen molar-refractivity contribution in [3.63, 3.8) is 0 Å². The molecule has 98 valence electrons. The molecule has 0 spiro atoms. The summed E-state index contributed by atoms with van der Waals surface area (Å²) in [5.74, 6) is -0.121. The van der Waals surface area contributed by atoms with Gasteiger partial charge in [-0.3, -0.25) is 9.69 Å². The van der Waals surface area contributed by atoms with Crippen LogP contribution in [0.3, 0.4) is 0 Å². The second-order valence-corrected chi connectivity index (χ2v) is 5.41. The maximum Gasteiger partial charge on any atom is 0.221 e. The number of nitrogens with two attached hydrogens (primary N) is 1. The molecular weight excluding hydrogens is 224 g/mol. The van der Waals surface area contributed by atoms with Gasteiger partial charge in [0.05, 0.1) is 5.92 Å². The van der Waals surface area contributed by atoms with Crippen LogP contribution >= 0.6 is 0 Å². The number of carbonyl (C=O) groups excluding carboxylic acids is 1. The van der Waals surface area contributed by atoms with Crippen molar-refractivity contribution in [1.29, 1.82) is 0 Å². The van der Waals surface area contributed by atoms with E-state index in [0.29, 0.717) is 0 Å². The number of carbonyl (C=O) groups is 1. The Balaban J connectivity index is 2.04. The molecule has 1 fully saturated rings. The summed E-state index contributed by atoms with van der Waals surface area (Å²) in [6.07, 6.45) is 2.01. The fraction of sp³-hybridized carbons (Fsp3) is 0.533. The number of piperidine rings is 1. The van der Waals surface area contributed by atoms with Crippen LogP contribution in [0.25, 0.3) is 0 Å². The molecule has 0 aromatic heterocycles. The first kappa shape index (κ1) is 13.1. The van der Waals surface area contributed by atoms with Crippen LogP contribution in [0.15, 0.2) is 18.2 Å². The summed E-state index contributed by atoms with van der Waals surface area (Å²) in [5, 5.41) is 0. The fourth-order valence-electron chi connectivity index (χ4n) is 2.64. The highest BCUT2D eigenvalue weighted by atomic mass is 16.1. The fourth-order valence-corrected chi connectivity index (χ4v) is 2.64. The van der Waals surface area contributed by atoms with Crippen molar-refractivity contribution in [1.82, 2.24) is 4.90 Å². The van der Waals surface area contributed by atoms with E-state index >= 15 is 0 Å². The van der Waals surface area contributed by atoms with Gasteiger partial charge in [0.1, 0.15) is 0 Å². The third kappa shape index (κ3) is 3.10. The van der Waals surface area contributed by atoms with E-state index in [1.807, 2.05) is 0 Å². The molecule has 0 saturated carbocycles. The predicted molar refractivity (Wildman–Crippen MR) is 73.1 cm³/mol. The van der Waals surface area contributed by atoms with E-state index in [1.165, 1.54) is 16.7 Å². The minimum atomic E-state index is -0.152. The lowest BCUT2D eigenvalue weighted by atomic mass is 9.96. The molecule has 0 radical (unpaired) electrons. The normalized spacial score (nSPS) is 20.9. The van der Waals surface area contributed by atoms with Crippen molar-refractivity contribution in [2.75, 3.05) is 13.1 Å². The lowest BCUT2D eigenvalue weighted by molar-refractivity contribution is -0.123. The molecular formula is C15H22N2O. The number of benzene rings is 1. The third-order valence-electron chi connectivity index (χ3n) is 3.81. The van der Waals surface area contributed by atoms with E-state index in [2.05, 4.69) is 36.9 Å². The van der Waals surface area contributed by atoms with E-state index in [0.717, 1.165) is 32.5 Å². The topological polar surface area (TPSA) is 46.3 Å². The van der Waals surface area contributed by atoms with E-state index in [9.17, 15) is 4.79 Å². The van der Waals surface area contributed by atoms with Gasteiger partial charge in [-0.15, -0.1) is 0 Å². The largest absolute Gasteiger partial charge is 0.369 e. The van der Waals surface area contributed by atoms with E-state index in [4.69, 9.17) is 5.73 Å². The zero-order chi connectivity index (χ0) is 13.1. The Labute approximate surface area is 109 Å². The van der Waals surface area contributed by atoms with Crippen LogP contribution in [-0.4, -0.2) is 23.9 Å². The van der Waals surface area contributed by atoms with E-state index < -0.39 is 0 Å². The van der Waals surface area contributed by atoms with Gasteiger partial charge in [-0.25, -0.2) is 0 Å². The Morgan fingerprint density at radius 3 is 2.94 bits per heavy atom. The van der Waals surface area contributed by atoms with Crippen LogP contribution in [0, 0.1) is 19.8 Å². The molecule has 1 aliphatic rings. The van der Waals surface area contributed by atoms with Gasteiger partial charge in [0.25, 0.3) is 0 Å². The third-order valence-corrected chi connectivity index (χ3v) is 3.81. The van der Waals surface area contributed by atoms with Crippen molar-refractivity contribution < 1.29 is 4.79 Å². The van der Waals surface area contributed by atoms with Gasteiger partial charge in [-0.1, -0.05) is 23.8 Å². The van der Waals surface area contributed by atoms with Gasteiger partial charge in [0, 0.05) is 13.1 Å². The zero-order valence-corrected chi connectivity index (χ0v) is 11.3. The number of hydrogen-bond acceptors (Lipinski definition) is 2. The smallest absolute Gasteiger partial charge is 0.221 e. The number of amides is 1. The summed E-state index contributed by atoms with van der Waals surface area (Å²) in [5.41, 5.74) is 9.38. The SMILES string of the molecule is Cc1ccc(C)c(CN2CCC[C@H](C(N)=O)C2)c1. The molecule has 1 heterocycles. The Morgan fingerprint density at radius 1 is 1.44 bits per heavy atom. The highest BCUT2D eigenvalue weighted by Crippen LogP contribution is 2.20. The number of aryl methyl sites for hydroxylation is 2. The zero-order valence-electron chi connectivity index (χ0n) is 11.3. The highest BCUT2D eigenvalue weighted by Gasteiger charge is 2.24. The lowest BCUT2D eigenvalue weighted by Crippen LogP contribution is -2.40. The lowest BCUT2D eigenvalue weighted by Gasteiger charge is -2.31. The number of hydrogen-bond donors (Lipinski definition) is 1. The first-order chi connectivity index (χ1) is 8.56. The quantitative estimate of drug-likeness (QED) is 0.886. The molecule has 3 heteroatoms. The number of rotatable bonds is 3. The van der Waals surface area contributed by atoms with Gasteiger partial charge in [0.15, 0.2) is 0 Å². The predicted octanol–water partition coefficient (Wildman–Crippen LogP) is 2.00. The van der Waals surface area contributed by atoms with Crippen LogP contribution in [0.5, 0.6) is 0 Å². The molecule has 2 rings (SSSR count). The van der Waals surface area contributed by atoms with Crippen molar-refractivity contribution in [3.8, 4) is 0 Å². The Kier molecular flexibility index (Phi) is 4.02. The molecule has 1 aliphatic heterocycles. The molecule has 2 N–H and O–H groups in total. The summed E-state index contributed by atoms with van der Waals surface area (Å²) in [6.45, 7) is 7.06. The van der Waals surface area contributed by atoms with Crippen molar-refractivity contribution in [2.24, 2.45) is 11.7 Å². The molecule has 0 aliphatic carbocycles. The Hall–Kier alpha value is -1.35. The van der Waals surface area contributed by atoms with Gasteiger partial charge in [-0.2, -0.15) is 0 Å². The average molecular weight is 246 g/mol. The maximum absolute atomic E-state index is 11.3. The van der Waals surface area contributed by atoms with E-state index in [1.54, 1.807) is 0 Å². The van der Waals surface area contributed by atoms with Crippen LogP contribution in [0.4, 0.5) is 0 Å². The number of likely N-dealkylation sites (tertiary alicyclic amines) is 1. The molecule has 1 aromatic carbocycles. The molecule has 1 saturated heterocycles. The highest BCUT2D eigenvalue weighted by molar-refractivity contribution is 5.76. The molecule has 1 atom stereocenters. The van der Waals surface area contributed by atoms with Gasteiger partial charge in [0.2, 0.25) is 5.91 Å². The monoisotopic (exact) mass is 246 g/mol. The summed E-state index contributed by atoms with van der Waals surface area (Å²) in [6, 6.07) is 6.55. The van der Waals surface area contributed by atoms with Crippen molar-refractivity contribution in [2.45, 2.75) is 33.2 Å². The summed E-state index contributed by atoms with van der Waals surface area (Å²) >= 11 is 0. The average Bonchev–Trinajstić information content (AvgIpc) is 2.34. The minimum Gasteiger partial charge on any atom is -0.369 e. The van der Waals surface area contributed by atoms with Crippen molar-refractivity contribution in [3.05, 3.63) is 34.9 Å². The number of nitrogens with zero attached hydrogens (tertiary/aromatic N) is 1. The molecule has 3 nitrogen and oxygen atoms in total. The first-order valence-corrected chi connectivity index (χ1v) is 6.64. The minimum absolute atomic E-state index is 0.0314. The van der Waals surface area contributed by atoms with Crippen LogP contribution in [0.2, 0.25) is 0 Å². The van der Waals surface area contributed by atoms with E-state index in [-0.39, 0.29) is 11.8 Å². The summed E-state index contributed by atoms with van der Waals surface area (Å²) in [4.78, 5) is 13.6. The molecule has 1 amide bonds. The Bertz CT molecular complexity index is 442. The summed E-state index contributed by atoms with van der Waals surface area (Å²) < 4.78 is 0. The molecule has 0 unspecified atom stereocenters. The molecule has 1 aromatic rings. The van der Waals surface area contributed by atoms with Crippen molar-refractivity contribution >= 4 is 5.91 Å². The van der Waals surface area contributed by atoms with Gasteiger partial charge < -0.3 is 5.73 Å². The van der Waals surface area contributed by atoms with Crippen LogP contribution in [-0.2, 0) is 11.3 Å². The standard InChI is InChI=1S/C15H22N2O/c1-11-5-6-12(2)14(8-11)10-17-7-3-4-13(9-17)15(16)18/h5-6,8,13H,3-4,7,9-10H2,1-2H3,(H2,16,18)/t13-/m0/s1. The second-order valence-electron chi connectivity index (χ2n) is 5.41. The molecule has 18 heavy (non-hydrogen) atoms. The summed E-state index contributed by atoms with van der Waals surface area (Å²) in [7, 11) is 0. The number of primary amides is 1. The van der Waals surface area contributed by atoms with Gasteiger partial charge >= 0.3 is 0 Å².